The van der Waals surface area contributed by atoms with Crippen LogP contribution in [0.4, 0.5) is 28.4 Å². The summed E-state index contributed by atoms with van der Waals surface area (Å²) in [6.45, 7) is 0. The van der Waals surface area contributed by atoms with Crippen LogP contribution in [0.1, 0.15) is 23.2 Å². The van der Waals surface area contributed by atoms with Crippen molar-refractivity contribution in [3.63, 3.8) is 0 Å². The van der Waals surface area contributed by atoms with Gasteiger partial charge in [-0.3, -0.25) is 24.5 Å². The van der Waals surface area contributed by atoms with E-state index >= 15 is 0 Å². The number of nitrogens with zero attached hydrogens (tertiary/aromatic N) is 1. The molecule has 1 atom stereocenters. The molecule has 2 aliphatic heterocycles. The average Bonchev–Trinajstić information content (AvgIpc) is 3.25. The molecule has 3 aromatic carbocycles. The molecule has 2 heterocycles. The summed E-state index contributed by atoms with van der Waals surface area (Å²) in [6.07, 6.45) is 0.751. The summed E-state index contributed by atoms with van der Waals surface area (Å²) in [7, 11) is 1.37. The lowest BCUT2D eigenvalue weighted by atomic mass is 10.0. The summed E-state index contributed by atoms with van der Waals surface area (Å²) in [6, 6.07) is 14.3. The molecule has 0 aromatic heterocycles. The zero-order valence-electron chi connectivity index (χ0n) is 19.1. The third kappa shape index (κ3) is 4.29. The molecule has 1 fully saturated rings. The van der Waals surface area contributed by atoms with Crippen molar-refractivity contribution in [2.45, 2.75) is 18.9 Å². The average molecular weight is 487 g/mol. The first kappa shape index (κ1) is 22.8. The molecule has 0 unspecified atom stereocenters. The summed E-state index contributed by atoms with van der Waals surface area (Å²) in [4.78, 5) is 47.5. The van der Waals surface area contributed by atoms with Crippen molar-refractivity contribution in [1.82, 2.24) is 5.32 Å². The second-order valence-corrected chi connectivity index (χ2v) is 8.39. The highest BCUT2D eigenvalue weighted by Gasteiger charge is 2.27. The molecule has 11 nitrogen and oxygen atoms in total. The normalized spacial score (nSPS) is 16.0. The Morgan fingerprint density at radius 1 is 1.00 bits per heavy atom. The van der Waals surface area contributed by atoms with Gasteiger partial charge in [0.15, 0.2) is 5.75 Å². The molecular weight excluding hydrogens is 466 g/mol. The third-order valence-corrected chi connectivity index (χ3v) is 6.09. The minimum atomic E-state index is -0.579. The van der Waals surface area contributed by atoms with E-state index in [0.29, 0.717) is 46.7 Å². The number of methoxy groups -OCH3 is 1. The summed E-state index contributed by atoms with van der Waals surface area (Å²) >= 11 is 0. The number of carbonyl (C=O) groups is 3. The van der Waals surface area contributed by atoms with E-state index in [4.69, 9.17) is 4.74 Å². The molecule has 182 valence electrons. The van der Waals surface area contributed by atoms with Gasteiger partial charge in [0.25, 0.3) is 5.91 Å². The van der Waals surface area contributed by atoms with E-state index in [1.54, 1.807) is 48.5 Å². The van der Waals surface area contributed by atoms with Crippen LogP contribution in [-0.4, -0.2) is 35.8 Å². The number of anilines is 4. The van der Waals surface area contributed by atoms with E-state index in [1.807, 2.05) is 0 Å². The fourth-order valence-corrected chi connectivity index (χ4v) is 4.24. The van der Waals surface area contributed by atoms with Crippen molar-refractivity contribution in [1.29, 1.82) is 0 Å². The van der Waals surface area contributed by atoms with Crippen LogP contribution in [0.15, 0.2) is 54.6 Å². The number of rotatable bonds is 5. The topological polar surface area (TPSA) is 152 Å². The van der Waals surface area contributed by atoms with Crippen LogP contribution in [0, 0.1) is 10.1 Å². The van der Waals surface area contributed by atoms with Gasteiger partial charge in [0.1, 0.15) is 6.04 Å². The van der Waals surface area contributed by atoms with Gasteiger partial charge in [-0.05, 0) is 60.0 Å². The van der Waals surface area contributed by atoms with Crippen molar-refractivity contribution < 1.29 is 24.0 Å². The summed E-state index contributed by atoms with van der Waals surface area (Å²) in [5.41, 5.74) is 3.80. The van der Waals surface area contributed by atoms with Gasteiger partial charge < -0.3 is 26.0 Å². The highest BCUT2D eigenvalue weighted by atomic mass is 16.6. The van der Waals surface area contributed by atoms with Crippen molar-refractivity contribution in [2.24, 2.45) is 0 Å². The minimum absolute atomic E-state index is 0.134. The largest absolute Gasteiger partial charge is 0.490 e. The molecule has 0 radical (unpaired) electrons. The molecular formula is C25H21N5O6. The van der Waals surface area contributed by atoms with Crippen LogP contribution in [-0.2, 0) is 9.59 Å². The highest BCUT2D eigenvalue weighted by Crippen LogP contribution is 2.38. The quantitative estimate of drug-likeness (QED) is 0.316. The number of nitro benzene ring substituents is 1. The van der Waals surface area contributed by atoms with Crippen molar-refractivity contribution >= 4 is 46.2 Å². The van der Waals surface area contributed by atoms with E-state index < -0.39 is 11.0 Å². The zero-order chi connectivity index (χ0) is 25.4. The van der Waals surface area contributed by atoms with Crippen LogP contribution < -0.4 is 26.0 Å². The van der Waals surface area contributed by atoms with Gasteiger partial charge in [-0.15, -0.1) is 0 Å². The second kappa shape index (κ2) is 9.02. The summed E-state index contributed by atoms with van der Waals surface area (Å²) in [5, 5.41) is 22.7. The Hall–Kier alpha value is -4.93. The Kier molecular flexibility index (Phi) is 5.72. The van der Waals surface area contributed by atoms with Gasteiger partial charge in [-0.2, -0.15) is 0 Å². The zero-order valence-corrected chi connectivity index (χ0v) is 19.1. The number of hydrogen-bond donors (Lipinski definition) is 4. The molecule has 4 N–H and O–H groups in total. The maximum Gasteiger partial charge on any atom is 0.310 e. The van der Waals surface area contributed by atoms with Gasteiger partial charge in [-0.25, -0.2) is 0 Å². The maximum absolute atomic E-state index is 12.9. The molecule has 36 heavy (non-hydrogen) atoms. The number of nitrogens with one attached hydrogen (secondary N) is 4. The molecule has 0 saturated carbocycles. The van der Waals surface area contributed by atoms with E-state index in [0.717, 1.165) is 5.56 Å². The van der Waals surface area contributed by atoms with Crippen LogP contribution in [0.2, 0.25) is 0 Å². The SMILES string of the molecule is COc1cc(-c2ccc3c(c2)Nc2ccc(NC(=O)[C@H]4CCC(=O)N4)cc2NC3=O)ccc1[N+](=O)[O-]. The van der Waals surface area contributed by atoms with Crippen LogP contribution in [0.3, 0.4) is 0 Å². The first-order valence-electron chi connectivity index (χ1n) is 11.1. The summed E-state index contributed by atoms with van der Waals surface area (Å²) in [5.74, 6) is -0.677. The molecule has 0 aliphatic carbocycles. The van der Waals surface area contributed by atoms with Gasteiger partial charge in [0.2, 0.25) is 11.8 Å². The van der Waals surface area contributed by atoms with Crippen LogP contribution in [0.25, 0.3) is 11.1 Å². The first-order valence-corrected chi connectivity index (χ1v) is 11.1. The molecule has 3 aromatic rings. The van der Waals surface area contributed by atoms with E-state index in [1.165, 1.54) is 13.2 Å². The van der Waals surface area contributed by atoms with E-state index in [2.05, 4.69) is 21.3 Å². The molecule has 1 saturated heterocycles. The molecule has 0 bridgehead atoms. The highest BCUT2D eigenvalue weighted by molar-refractivity contribution is 6.13. The van der Waals surface area contributed by atoms with Gasteiger partial charge in [-0.1, -0.05) is 6.07 Å². The Bertz CT molecular complexity index is 1440. The number of amides is 3. The predicted molar refractivity (Wildman–Crippen MR) is 133 cm³/mol. The number of ether oxygens (including phenoxy) is 1. The lowest BCUT2D eigenvalue weighted by molar-refractivity contribution is -0.385. The second-order valence-electron chi connectivity index (χ2n) is 8.39. The maximum atomic E-state index is 12.9. The Balaban J connectivity index is 1.42. The lowest BCUT2D eigenvalue weighted by Gasteiger charge is -2.14. The van der Waals surface area contributed by atoms with Crippen molar-refractivity contribution in [3.05, 3.63) is 70.3 Å². The number of benzene rings is 3. The van der Waals surface area contributed by atoms with Gasteiger partial charge >= 0.3 is 5.69 Å². The fraction of sp³-hybridized carbons (Fsp3) is 0.160. The van der Waals surface area contributed by atoms with Crippen molar-refractivity contribution in [3.8, 4) is 16.9 Å². The molecule has 2 aliphatic rings. The van der Waals surface area contributed by atoms with Crippen LogP contribution in [0.5, 0.6) is 5.75 Å². The predicted octanol–water partition coefficient (Wildman–Crippen LogP) is 3.80. The number of fused-ring (bicyclic) bond motifs is 2. The molecule has 3 amide bonds. The third-order valence-electron chi connectivity index (χ3n) is 6.09. The first-order chi connectivity index (χ1) is 17.3. The summed E-state index contributed by atoms with van der Waals surface area (Å²) < 4.78 is 5.17. The smallest absolute Gasteiger partial charge is 0.310 e. The molecule has 11 heteroatoms. The van der Waals surface area contributed by atoms with Crippen LogP contribution >= 0.6 is 0 Å². The Morgan fingerprint density at radius 3 is 2.50 bits per heavy atom. The number of hydrogen-bond acceptors (Lipinski definition) is 7. The van der Waals surface area contributed by atoms with E-state index in [9.17, 15) is 24.5 Å². The Morgan fingerprint density at radius 2 is 1.78 bits per heavy atom. The van der Waals surface area contributed by atoms with Gasteiger partial charge in [0.05, 0.1) is 34.7 Å². The van der Waals surface area contributed by atoms with Crippen molar-refractivity contribution in [2.75, 3.05) is 23.1 Å². The monoisotopic (exact) mass is 487 g/mol. The fourth-order valence-electron chi connectivity index (χ4n) is 4.24. The minimum Gasteiger partial charge on any atom is -0.490 e. The molecule has 5 rings (SSSR count). The standard InChI is InChI=1S/C25H21N5O6/c1-36-22-11-14(3-8-21(22)30(34)35)13-2-5-16-19(10-13)27-17-6-4-15(12-20(17)29-24(16)32)26-25(33)18-7-9-23(31)28-18/h2-6,8,10-12,18,27H,7,9H2,1H3,(H,26,33)(H,28,31)(H,29,32)/t18-/m1/s1. The molecule has 0 spiro atoms. The van der Waals surface area contributed by atoms with E-state index in [-0.39, 0.29) is 29.2 Å². The van der Waals surface area contributed by atoms with Gasteiger partial charge in [0, 0.05) is 18.2 Å². The number of nitro groups is 1. The number of carbonyl (C=O) groups excluding carboxylic acids is 3. The Labute approximate surface area is 205 Å². The lowest BCUT2D eigenvalue weighted by Crippen LogP contribution is -2.37.